The number of fused-ring (bicyclic) bond motifs is 1. The first kappa shape index (κ1) is 26.5. The maximum absolute atomic E-state index is 12.0. The Morgan fingerprint density at radius 3 is 2.33 bits per heavy atom. The van der Waals surface area contributed by atoms with Gasteiger partial charge >= 0.3 is 5.97 Å². The van der Waals surface area contributed by atoms with Crippen molar-refractivity contribution in [1.29, 1.82) is 0 Å². The van der Waals surface area contributed by atoms with Crippen LogP contribution in [0.1, 0.15) is 32.6 Å². The summed E-state index contributed by atoms with van der Waals surface area (Å²) in [5.41, 5.74) is -2.50. The SMILES string of the molecule is C=C(C(=O)OC)[C@@H]1CC[C@@]2(C)[C@H](O)CC[C@@](O)(CO[C@@H]3O[C@H](CO)[C@@H](O)[C@H](O)[C@H]3O)[C@@H]2[C@H]1O. The summed E-state index contributed by atoms with van der Waals surface area (Å²) < 4.78 is 15.7. The summed E-state index contributed by atoms with van der Waals surface area (Å²) in [6, 6.07) is 0. The van der Waals surface area contributed by atoms with Crippen molar-refractivity contribution in [2.45, 2.75) is 81.1 Å². The molecule has 11 nitrogen and oxygen atoms in total. The molecule has 3 aliphatic rings. The third-order valence-electron chi connectivity index (χ3n) is 7.89. The molecule has 190 valence electrons. The lowest BCUT2D eigenvalue weighted by atomic mass is 9.50. The minimum absolute atomic E-state index is 0.0559. The van der Waals surface area contributed by atoms with E-state index < -0.39 is 84.9 Å². The van der Waals surface area contributed by atoms with Crippen molar-refractivity contribution >= 4 is 5.97 Å². The first-order valence-corrected chi connectivity index (χ1v) is 11.2. The number of carbonyl (C=O) groups excluding carboxylic acids is 1. The van der Waals surface area contributed by atoms with Gasteiger partial charge in [-0.2, -0.15) is 0 Å². The normalized spacial score (nSPS) is 48.1. The van der Waals surface area contributed by atoms with E-state index in [1.54, 1.807) is 6.92 Å². The molecule has 1 aliphatic heterocycles. The summed E-state index contributed by atoms with van der Waals surface area (Å²) in [6.07, 6.45) is -8.45. The van der Waals surface area contributed by atoms with Crippen LogP contribution in [0.25, 0.3) is 0 Å². The molecule has 0 aromatic carbocycles. The molecule has 11 heteroatoms. The molecule has 3 rings (SSSR count). The van der Waals surface area contributed by atoms with E-state index in [1.807, 2.05) is 0 Å². The van der Waals surface area contributed by atoms with Gasteiger partial charge in [-0.25, -0.2) is 4.79 Å². The molecule has 11 atom stereocenters. The molecule has 2 saturated carbocycles. The molecule has 0 amide bonds. The van der Waals surface area contributed by atoms with Crippen LogP contribution in [0.3, 0.4) is 0 Å². The Labute approximate surface area is 192 Å². The second kappa shape index (κ2) is 9.84. The molecule has 33 heavy (non-hydrogen) atoms. The zero-order chi connectivity index (χ0) is 24.7. The minimum Gasteiger partial charge on any atom is -0.466 e. The highest BCUT2D eigenvalue weighted by Crippen LogP contribution is 2.56. The fraction of sp³-hybridized carbons (Fsp3) is 0.864. The van der Waals surface area contributed by atoms with Crippen molar-refractivity contribution in [2.24, 2.45) is 17.3 Å². The Morgan fingerprint density at radius 1 is 1.06 bits per heavy atom. The molecule has 2 aliphatic carbocycles. The predicted octanol–water partition coefficient (Wildman–Crippen LogP) is -2.19. The number of esters is 1. The number of ether oxygens (including phenoxy) is 3. The lowest BCUT2D eigenvalue weighted by Gasteiger charge is -2.59. The molecule has 0 aromatic rings. The largest absolute Gasteiger partial charge is 0.466 e. The summed E-state index contributed by atoms with van der Waals surface area (Å²) in [5, 5.41) is 73.2. The molecule has 7 N–H and O–H groups in total. The number of aliphatic hydroxyl groups excluding tert-OH is 6. The average molecular weight is 477 g/mol. The van der Waals surface area contributed by atoms with E-state index >= 15 is 0 Å². The molecule has 0 aromatic heterocycles. The Balaban J connectivity index is 1.83. The summed E-state index contributed by atoms with van der Waals surface area (Å²) in [6.45, 7) is 4.46. The Kier molecular flexibility index (Phi) is 7.89. The van der Waals surface area contributed by atoms with Crippen LogP contribution < -0.4 is 0 Å². The number of hydrogen-bond acceptors (Lipinski definition) is 11. The highest BCUT2D eigenvalue weighted by Gasteiger charge is 2.61. The van der Waals surface area contributed by atoms with Gasteiger partial charge in [-0.15, -0.1) is 0 Å². The van der Waals surface area contributed by atoms with Crippen molar-refractivity contribution in [2.75, 3.05) is 20.3 Å². The first-order chi connectivity index (χ1) is 15.4. The van der Waals surface area contributed by atoms with Gasteiger partial charge in [0, 0.05) is 22.8 Å². The zero-order valence-corrected chi connectivity index (χ0v) is 18.9. The van der Waals surface area contributed by atoms with Gasteiger partial charge in [0.1, 0.15) is 24.4 Å². The Hall–Kier alpha value is -1.15. The van der Waals surface area contributed by atoms with Crippen molar-refractivity contribution in [3.8, 4) is 0 Å². The number of carbonyl (C=O) groups is 1. The van der Waals surface area contributed by atoms with Gasteiger partial charge in [0.25, 0.3) is 0 Å². The van der Waals surface area contributed by atoms with Gasteiger partial charge in [0.05, 0.1) is 38.1 Å². The van der Waals surface area contributed by atoms with Crippen LogP contribution in [0.15, 0.2) is 12.2 Å². The number of aliphatic hydroxyl groups is 7. The fourth-order valence-electron chi connectivity index (χ4n) is 5.85. The summed E-state index contributed by atoms with van der Waals surface area (Å²) in [7, 11) is 1.21. The van der Waals surface area contributed by atoms with Crippen LogP contribution in [0.2, 0.25) is 0 Å². The smallest absolute Gasteiger partial charge is 0.333 e. The number of rotatable bonds is 6. The van der Waals surface area contributed by atoms with Crippen LogP contribution in [-0.2, 0) is 19.0 Å². The van der Waals surface area contributed by atoms with E-state index in [0.29, 0.717) is 12.8 Å². The quantitative estimate of drug-likeness (QED) is 0.163. The van der Waals surface area contributed by atoms with Crippen LogP contribution in [0, 0.1) is 17.3 Å². The second-order valence-electron chi connectivity index (χ2n) is 9.80. The van der Waals surface area contributed by atoms with Crippen LogP contribution in [0.4, 0.5) is 0 Å². The monoisotopic (exact) mass is 476 g/mol. The van der Waals surface area contributed by atoms with E-state index in [9.17, 15) is 40.5 Å². The summed E-state index contributed by atoms with van der Waals surface area (Å²) in [5.74, 6) is -2.28. The third kappa shape index (κ3) is 4.58. The molecule has 3 fully saturated rings. The second-order valence-corrected chi connectivity index (χ2v) is 9.80. The van der Waals surface area contributed by atoms with E-state index in [2.05, 4.69) is 6.58 Å². The average Bonchev–Trinajstić information content (AvgIpc) is 2.79. The standard InChI is InChI=1S/C22H36O11/c1-10(19(29)31-3)11-4-6-21(2)13(24)5-7-22(30,18(21)14(11)25)9-32-20-17(28)16(27)15(26)12(8-23)33-20/h11-18,20,23-28,30H,1,4-9H2,2-3H3/t11-,12+,13+,14-,15+,16-,17+,18+,20+,21-,22+/m0/s1. The Morgan fingerprint density at radius 2 is 1.73 bits per heavy atom. The van der Waals surface area contributed by atoms with Gasteiger partial charge in [-0.05, 0) is 25.7 Å². The van der Waals surface area contributed by atoms with Gasteiger partial charge in [0.2, 0.25) is 0 Å². The molecule has 0 bridgehead atoms. The van der Waals surface area contributed by atoms with Crippen molar-refractivity contribution in [3.63, 3.8) is 0 Å². The number of hydrogen-bond donors (Lipinski definition) is 7. The van der Waals surface area contributed by atoms with Gasteiger partial charge in [-0.3, -0.25) is 0 Å². The zero-order valence-electron chi connectivity index (χ0n) is 18.9. The van der Waals surface area contributed by atoms with Crippen molar-refractivity contribution < 1.29 is 54.8 Å². The number of methoxy groups -OCH3 is 1. The minimum atomic E-state index is -1.68. The highest BCUT2D eigenvalue weighted by atomic mass is 16.7. The third-order valence-corrected chi connectivity index (χ3v) is 7.89. The molecule has 0 unspecified atom stereocenters. The molecule has 1 heterocycles. The Bertz CT molecular complexity index is 729. The topological polar surface area (TPSA) is 186 Å². The lowest BCUT2D eigenvalue weighted by molar-refractivity contribution is -0.319. The van der Waals surface area contributed by atoms with Gasteiger partial charge in [0.15, 0.2) is 6.29 Å². The molecular formula is C22H36O11. The van der Waals surface area contributed by atoms with E-state index in [1.165, 1.54) is 7.11 Å². The van der Waals surface area contributed by atoms with Crippen molar-refractivity contribution in [1.82, 2.24) is 0 Å². The predicted molar refractivity (Wildman–Crippen MR) is 111 cm³/mol. The molecule has 0 spiro atoms. The van der Waals surface area contributed by atoms with Gasteiger partial charge < -0.3 is 50.0 Å². The fourth-order valence-corrected chi connectivity index (χ4v) is 5.85. The maximum atomic E-state index is 12.0. The molecular weight excluding hydrogens is 440 g/mol. The lowest BCUT2D eigenvalue weighted by Crippen LogP contribution is -2.66. The molecule has 0 radical (unpaired) electrons. The first-order valence-electron chi connectivity index (χ1n) is 11.2. The summed E-state index contributed by atoms with van der Waals surface area (Å²) >= 11 is 0. The van der Waals surface area contributed by atoms with E-state index in [-0.39, 0.29) is 18.4 Å². The van der Waals surface area contributed by atoms with Crippen molar-refractivity contribution in [3.05, 3.63) is 12.2 Å². The molecule has 1 saturated heterocycles. The van der Waals surface area contributed by atoms with Gasteiger partial charge in [-0.1, -0.05) is 13.5 Å². The van der Waals surface area contributed by atoms with Crippen LogP contribution >= 0.6 is 0 Å². The highest BCUT2D eigenvalue weighted by molar-refractivity contribution is 5.88. The van der Waals surface area contributed by atoms with E-state index in [0.717, 1.165) is 0 Å². The van der Waals surface area contributed by atoms with Crippen LogP contribution in [-0.4, -0.2) is 111 Å². The van der Waals surface area contributed by atoms with Crippen LogP contribution in [0.5, 0.6) is 0 Å². The maximum Gasteiger partial charge on any atom is 0.333 e. The van der Waals surface area contributed by atoms with E-state index in [4.69, 9.17) is 14.2 Å². The summed E-state index contributed by atoms with van der Waals surface area (Å²) in [4.78, 5) is 12.0.